The van der Waals surface area contributed by atoms with Crippen molar-refractivity contribution in [3.8, 4) is 0 Å². The molecule has 3 saturated heterocycles. The van der Waals surface area contributed by atoms with Crippen molar-refractivity contribution >= 4 is 5.91 Å². The van der Waals surface area contributed by atoms with E-state index in [1.54, 1.807) is 18.6 Å². The molecule has 3 fully saturated rings. The fourth-order valence-corrected chi connectivity index (χ4v) is 4.29. The van der Waals surface area contributed by atoms with E-state index in [1.807, 2.05) is 11.1 Å². The maximum absolute atomic E-state index is 12.8. The number of piperidine rings is 1. The number of nitrogens with one attached hydrogen (secondary N) is 1. The Morgan fingerprint density at radius 1 is 1.19 bits per heavy atom. The maximum atomic E-state index is 12.8. The van der Waals surface area contributed by atoms with Crippen LogP contribution in [-0.4, -0.2) is 61.3 Å². The van der Waals surface area contributed by atoms with E-state index < -0.39 is 0 Å². The van der Waals surface area contributed by atoms with Crippen LogP contribution >= 0.6 is 0 Å². The second-order valence-electron chi connectivity index (χ2n) is 7.79. The topological polar surface area (TPSA) is 78.0 Å². The number of H-pyrrole nitrogens is 1. The number of aromatic nitrogens is 4. The molecule has 1 amide bonds. The van der Waals surface area contributed by atoms with Gasteiger partial charge in [0.05, 0.1) is 6.20 Å². The highest BCUT2D eigenvalue weighted by molar-refractivity contribution is 5.92. The summed E-state index contributed by atoms with van der Waals surface area (Å²) in [5.41, 5.74) is 1.62. The third-order valence-electron chi connectivity index (χ3n) is 5.72. The van der Waals surface area contributed by atoms with Gasteiger partial charge >= 0.3 is 0 Å². The summed E-state index contributed by atoms with van der Waals surface area (Å²) in [5, 5.41) is 0. The molecule has 7 nitrogen and oxygen atoms in total. The number of rotatable bonds is 6. The molecule has 3 aliphatic rings. The molecule has 2 aromatic rings. The summed E-state index contributed by atoms with van der Waals surface area (Å²) in [5.74, 6) is 1.61. The Kier molecular flexibility index (Phi) is 5.48. The van der Waals surface area contributed by atoms with Crippen molar-refractivity contribution in [1.29, 1.82) is 0 Å². The van der Waals surface area contributed by atoms with Crippen LogP contribution in [-0.2, 0) is 13.0 Å². The van der Waals surface area contributed by atoms with E-state index in [-0.39, 0.29) is 5.91 Å². The molecule has 2 atom stereocenters. The Labute approximate surface area is 160 Å². The molecule has 144 valence electrons. The van der Waals surface area contributed by atoms with E-state index in [4.69, 9.17) is 0 Å². The summed E-state index contributed by atoms with van der Waals surface area (Å²) >= 11 is 0. The van der Waals surface area contributed by atoms with Gasteiger partial charge in [-0.25, -0.2) is 9.97 Å². The molecular formula is C20H28N6O. The molecule has 7 heteroatoms. The highest BCUT2D eigenvalue weighted by Gasteiger charge is 2.37. The Morgan fingerprint density at radius 3 is 2.93 bits per heavy atom. The monoisotopic (exact) mass is 368 g/mol. The van der Waals surface area contributed by atoms with Crippen LogP contribution in [0.5, 0.6) is 0 Å². The minimum absolute atomic E-state index is 0.00485. The fourth-order valence-electron chi connectivity index (χ4n) is 4.29. The summed E-state index contributed by atoms with van der Waals surface area (Å²) in [6.07, 6.45) is 12.4. The molecule has 5 heterocycles. The van der Waals surface area contributed by atoms with Gasteiger partial charge in [-0.3, -0.25) is 14.7 Å². The van der Waals surface area contributed by atoms with Crippen LogP contribution < -0.4 is 0 Å². The lowest BCUT2D eigenvalue weighted by Gasteiger charge is -2.35. The highest BCUT2D eigenvalue weighted by atomic mass is 16.2. The minimum atomic E-state index is 0.00485. The van der Waals surface area contributed by atoms with Gasteiger partial charge in [0, 0.05) is 62.9 Å². The predicted molar refractivity (Wildman–Crippen MR) is 102 cm³/mol. The number of hydrogen-bond donors (Lipinski definition) is 1. The number of aryl methyl sites for hydroxylation is 1. The van der Waals surface area contributed by atoms with Crippen molar-refractivity contribution in [2.45, 2.75) is 51.6 Å². The van der Waals surface area contributed by atoms with Crippen LogP contribution in [0.3, 0.4) is 0 Å². The molecule has 0 aromatic carbocycles. The number of nitrogens with zero attached hydrogens (tertiary/aromatic N) is 5. The smallest absolute Gasteiger partial charge is 0.274 e. The zero-order valence-electron chi connectivity index (χ0n) is 16.0. The lowest BCUT2D eigenvalue weighted by Crippen LogP contribution is -2.44. The molecule has 2 aromatic heterocycles. The van der Waals surface area contributed by atoms with E-state index in [1.165, 1.54) is 25.0 Å². The number of amides is 1. The average molecular weight is 368 g/mol. The van der Waals surface area contributed by atoms with Crippen LogP contribution in [0.1, 0.15) is 54.6 Å². The summed E-state index contributed by atoms with van der Waals surface area (Å²) in [6.45, 7) is 5.70. The van der Waals surface area contributed by atoms with Crippen molar-refractivity contribution in [2.75, 3.05) is 19.6 Å². The van der Waals surface area contributed by atoms with Crippen LogP contribution in [0.25, 0.3) is 0 Å². The lowest BCUT2D eigenvalue weighted by molar-refractivity contribution is 0.0729. The number of imidazole rings is 1. The van der Waals surface area contributed by atoms with E-state index in [9.17, 15) is 4.79 Å². The van der Waals surface area contributed by atoms with E-state index in [0.717, 1.165) is 44.8 Å². The maximum Gasteiger partial charge on any atom is 0.274 e. The normalized spacial score (nSPS) is 22.8. The van der Waals surface area contributed by atoms with Gasteiger partial charge in [-0.1, -0.05) is 13.3 Å². The standard InChI is InChI=1S/C20H28N6O/c1-2-3-4-19-23-9-16(24-19)13-25-11-15-5-6-17(25)14-26(12-15)20(27)18-10-21-7-8-22-18/h7-10,15,17H,2-6,11-14H2,1H3,(H,23,24)/t15-,17-/m1/s1. The molecule has 5 rings (SSSR count). The molecule has 0 radical (unpaired) electrons. The van der Waals surface area contributed by atoms with Crippen LogP contribution in [0.15, 0.2) is 24.8 Å². The zero-order valence-corrected chi connectivity index (χ0v) is 16.0. The second kappa shape index (κ2) is 8.17. The number of carbonyl (C=O) groups is 1. The first-order chi connectivity index (χ1) is 13.2. The van der Waals surface area contributed by atoms with E-state index in [0.29, 0.717) is 17.7 Å². The molecule has 2 bridgehead atoms. The SMILES string of the molecule is CCCCc1ncc(CN2C[C@H]3CC[C@@H]2CN(C(=O)c2cnccn2)C3)[nH]1. The first-order valence-corrected chi connectivity index (χ1v) is 10.0. The van der Waals surface area contributed by atoms with Crippen molar-refractivity contribution in [1.82, 2.24) is 29.7 Å². The highest BCUT2D eigenvalue weighted by Crippen LogP contribution is 2.29. The van der Waals surface area contributed by atoms with Crippen LogP contribution in [0.2, 0.25) is 0 Å². The van der Waals surface area contributed by atoms with Crippen molar-refractivity contribution in [3.05, 3.63) is 42.0 Å². The first kappa shape index (κ1) is 18.1. The van der Waals surface area contributed by atoms with Gasteiger partial charge in [-0.15, -0.1) is 0 Å². The average Bonchev–Trinajstić information content (AvgIpc) is 2.94. The minimum Gasteiger partial charge on any atom is -0.345 e. The Balaban J connectivity index is 1.42. The fraction of sp³-hybridized carbons (Fsp3) is 0.600. The summed E-state index contributed by atoms with van der Waals surface area (Å²) in [4.78, 5) is 33.6. The van der Waals surface area contributed by atoms with Gasteiger partial charge in [0.25, 0.3) is 5.91 Å². The van der Waals surface area contributed by atoms with Gasteiger partial charge in [0.15, 0.2) is 0 Å². The molecule has 0 unspecified atom stereocenters. The zero-order chi connectivity index (χ0) is 18.6. The van der Waals surface area contributed by atoms with Gasteiger partial charge in [-0.05, 0) is 25.2 Å². The van der Waals surface area contributed by atoms with E-state index in [2.05, 4.69) is 31.8 Å². The summed E-state index contributed by atoms with van der Waals surface area (Å²) < 4.78 is 0. The van der Waals surface area contributed by atoms with E-state index >= 15 is 0 Å². The largest absolute Gasteiger partial charge is 0.345 e. The molecular weight excluding hydrogens is 340 g/mol. The van der Waals surface area contributed by atoms with Gasteiger partial charge in [0.1, 0.15) is 11.5 Å². The van der Waals surface area contributed by atoms with Gasteiger partial charge in [0.2, 0.25) is 0 Å². The number of unbranched alkanes of at least 4 members (excludes halogenated alkanes) is 1. The second-order valence-corrected chi connectivity index (χ2v) is 7.79. The van der Waals surface area contributed by atoms with Gasteiger partial charge < -0.3 is 9.88 Å². The molecule has 3 aliphatic heterocycles. The molecule has 27 heavy (non-hydrogen) atoms. The Bertz CT molecular complexity index is 761. The predicted octanol–water partition coefficient (Wildman–Crippen LogP) is 2.28. The number of carbonyl (C=O) groups excluding carboxylic acids is 1. The number of aromatic amines is 1. The molecule has 0 spiro atoms. The quantitative estimate of drug-likeness (QED) is 0.846. The number of fused-ring (bicyclic) bond motifs is 4. The van der Waals surface area contributed by atoms with Crippen LogP contribution in [0.4, 0.5) is 0 Å². The van der Waals surface area contributed by atoms with Crippen molar-refractivity contribution < 1.29 is 4.79 Å². The van der Waals surface area contributed by atoms with Gasteiger partial charge in [-0.2, -0.15) is 0 Å². The molecule has 0 aliphatic carbocycles. The van der Waals surface area contributed by atoms with Crippen molar-refractivity contribution in [2.24, 2.45) is 5.92 Å². The Hall–Kier alpha value is -2.28. The Morgan fingerprint density at radius 2 is 2.11 bits per heavy atom. The summed E-state index contributed by atoms with van der Waals surface area (Å²) in [6, 6.07) is 0.395. The lowest BCUT2D eigenvalue weighted by atomic mass is 9.95. The molecule has 0 saturated carbocycles. The summed E-state index contributed by atoms with van der Waals surface area (Å²) in [7, 11) is 0. The van der Waals surface area contributed by atoms with Crippen molar-refractivity contribution in [3.63, 3.8) is 0 Å². The third-order valence-corrected chi connectivity index (χ3v) is 5.72. The number of hydrogen-bond acceptors (Lipinski definition) is 5. The molecule has 1 N–H and O–H groups in total. The third kappa shape index (κ3) is 4.18. The first-order valence-electron chi connectivity index (χ1n) is 10.0. The van der Waals surface area contributed by atoms with Crippen LogP contribution in [0, 0.1) is 5.92 Å².